The quantitative estimate of drug-likeness (QED) is 0.176. The number of carbonyl (C=O) groups excluding carboxylic acids is 4. The molecule has 0 saturated carbocycles. The largest absolute Gasteiger partial charge is 0.480 e. The first-order chi connectivity index (χ1) is 19.0. The molecule has 2 aromatic rings. The van der Waals surface area contributed by atoms with Gasteiger partial charge in [-0.15, -0.1) is 0 Å². The van der Waals surface area contributed by atoms with Gasteiger partial charge >= 0.3 is 5.97 Å². The highest BCUT2D eigenvalue weighted by Gasteiger charge is 2.32. The Hall–Kier alpha value is -4.25. The first-order valence-electron chi connectivity index (χ1n) is 13.3. The first-order valence-corrected chi connectivity index (χ1v) is 13.3. The van der Waals surface area contributed by atoms with E-state index in [4.69, 9.17) is 11.5 Å². The van der Waals surface area contributed by atoms with E-state index in [9.17, 15) is 29.1 Å². The molecule has 0 aliphatic heterocycles. The third-order valence-corrected chi connectivity index (χ3v) is 6.65. The van der Waals surface area contributed by atoms with Gasteiger partial charge in [0.1, 0.15) is 18.1 Å². The second-order valence-corrected chi connectivity index (χ2v) is 9.82. The predicted octanol–water partition coefficient (Wildman–Crippen LogP) is 0.650. The number of carboxylic acids is 1. The van der Waals surface area contributed by atoms with Crippen LogP contribution in [0.25, 0.3) is 0 Å². The average molecular weight is 554 g/mol. The highest BCUT2D eigenvalue weighted by atomic mass is 16.4. The fraction of sp³-hybridized carbons (Fsp3) is 0.414. The Morgan fingerprint density at radius 2 is 1.23 bits per heavy atom. The summed E-state index contributed by atoms with van der Waals surface area (Å²) in [6, 6.07) is 13.5. The zero-order chi connectivity index (χ0) is 29.7. The molecule has 8 N–H and O–H groups in total. The van der Waals surface area contributed by atoms with Crippen LogP contribution in [0, 0.1) is 5.92 Å². The lowest BCUT2D eigenvalue weighted by molar-refractivity contribution is -0.143. The normalized spacial score (nSPS) is 14.6. The molecule has 5 atom stereocenters. The van der Waals surface area contributed by atoms with Crippen LogP contribution in [0.15, 0.2) is 60.7 Å². The summed E-state index contributed by atoms with van der Waals surface area (Å²) in [6.07, 6.45) is 0.630. The van der Waals surface area contributed by atoms with Gasteiger partial charge in [0.2, 0.25) is 23.6 Å². The van der Waals surface area contributed by atoms with Gasteiger partial charge in [-0.1, -0.05) is 80.9 Å². The van der Waals surface area contributed by atoms with Crippen LogP contribution in [-0.2, 0) is 36.8 Å². The SMILES string of the molecule is CCC(C)C(NC(=O)C(Cc1ccccc1)NC(=O)C(Cc1ccccc1)NC(=O)C(N)CCC(N)=O)C(=O)O. The van der Waals surface area contributed by atoms with E-state index in [1.165, 1.54) is 0 Å². The molecular formula is C29H39N5O6. The molecule has 0 aliphatic carbocycles. The van der Waals surface area contributed by atoms with Crippen molar-refractivity contribution >= 4 is 29.6 Å². The summed E-state index contributed by atoms with van der Waals surface area (Å²) < 4.78 is 0. The number of amides is 4. The van der Waals surface area contributed by atoms with Gasteiger partial charge in [-0.3, -0.25) is 19.2 Å². The van der Waals surface area contributed by atoms with E-state index in [2.05, 4.69) is 16.0 Å². The number of carbonyl (C=O) groups is 5. The van der Waals surface area contributed by atoms with Crippen molar-refractivity contribution in [3.05, 3.63) is 71.8 Å². The van der Waals surface area contributed by atoms with Crippen LogP contribution in [0.5, 0.6) is 0 Å². The van der Waals surface area contributed by atoms with Crippen LogP contribution in [0.4, 0.5) is 0 Å². The summed E-state index contributed by atoms with van der Waals surface area (Å²) in [6.45, 7) is 3.54. The smallest absolute Gasteiger partial charge is 0.326 e. The summed E-state index contributed by atoms with van der Waals surface area (Å²) in [5, 5.41) is 17.6. The van der Waals surface area contributed by atoms with E-state index < -0.39 is 53.8 Å². The molecule has 0 spiro atoms. The fourth-order valence-electron chi connectivity index (χ4n) is 4.04. The van der Waals surface area contributed by atoms with Crippen molar-refractivity contribution < 1.29 is 29.1 Å². The van der Waals surface area contributed by atoms with E-state index in [0.29, 0.717) is 6.42 Å². The summed E-state index contributed by atoms with van der Waals surface area (Å²) in [4.78, 5) is 62.6. The van der Waals surface area contributed by atoms with Crippen molar-refractivity contribution in [2.75, 3.05) is 0 Å². The van der Waals surface area contributed by atoms with Crippen molar-refractivity contribution in [2.24, 2.45) is 17.4 Å². The predicted molar refractivity (Wildman–Crippen MR) is 150 cm³/mol. The van der Waals surface area contributed by atoms with E-state index in [0.717, 1.165) is 11.1 Å². The van der Waals surface area contributed by atoms with Crippen molar-refractivity contribution in [2.45, 2.75) is 70.1 Å². The van der Waals surface area contributed by atoms with Crippen LogP contribution < -0.4 is 27.4 Å². The molecule has 0 bridgehead atoms. The summed E-state index contributed by atoms with van der Waals surface area (Å²) in [5.74, 6) is -4.08. The molecule has 11 heteroatoms. The average Bonchev–Trinajstić information content (AvgIpc) is 2.94. The highest BCUT2D eigenvalue weighted by Crippen LogP contribution is 2.11. The van der Waals surface area contributed by atoms with Crippen molar-refractivity contribution in [3.63, 3.8) is 0 Å². The van der Waals surface area contributed by atoms with Gasteiger partial charge in [0.25, 0.3) is 0 Å². The second kappa shape index (κ2) is 16.0. The third kappa shape index (κ3) is 10.5. The number of rotatable bonds is 16. The van der Waals surface area contributed by atoms with Gasteiger partial charge < -0.3 is 32.5 Å². The number of hydrogen-bond donors (Lipinski definition) is 6. The Kier molecular flexibility index (Phi) is 12.8. The zero-order valence-electron chi connectivity index (χ0n) is 22.8. The molecular weight excluding hydrogens is 514 g/mol. The Balaban J connectivity index is 2.30. The van der Waals surface area contributed by atoms with Crippen LogP contribution in [0.2, 0.25) is 0 Å². The van der Waals surface area contributed by atoms with E-state index in [1.54, 1.807) is 55.5 Å². The van der Waals surface area contributed by atoms with Gasteiger partial charge in [-0.25, -0.2) is 4.79 Å². The maximum absolute atomic E-state index is 13.5. The third-order valence-electron chi connectivity index (χ3n) is 6.65. The lowest BCUT2D eigenvalue weighted by Crippen LogP contribution is -2.58. The number of primary amides is 1. The molecule has 2 rings (SSSR count). The number of benzene rings is 2. The van der Waals surface area contributed by atoms with Gasteiger partial charge in [-0.2, -0.15) is 0 Å². The molecule has 0 saturated heterocycles. The Morgan fingerprint density at radius 1 is 0.775 bits per heavy atom. The molecule has 0 aromatic heterocycles. The second-order valence-electron chi connectivity index (χ2n) is 9.82. The van der Waals surface area contributed by atoms with Crippen molar-refractivity contribution in [1.82, 2.24) is 16.0 Å². The number of nitrogens with one attached hydrogen (secondary N) is 3. The molecule has 5 unspecified atom stereocenters. The maximum atomic E-state index is 13.5. The van der Waals surface area contributed by atoms with Crippen LogP contribution in [0.1, 0.15) is 44.2 Å². The first kappa shape index (κ1) is 32.0. The van der Waals surface area contributed by atoms with Crippen molar-refractivity contribution in [1.29, 1.82) is 0 Å². The lowest BCUT2D eigenvalue weighted by atomic mass is 9.97. The van der Waals surface area contributed by atoms with Gasteiger partial charge in [0, 0.05) is 19.3 Å². The Labute approximate surface area is 234 Å². The van der Waals surface area contributed by atoms with Crippen molar-refractivity contribution in [3.8, 4) is 0 Å². The maximum Gasteiger partial charge on any atom is 0.326 e. The monoisotopic (exact) mass is 553 g/mol. The minimum absolute atomic E-state index is 0.00602. The molecule has 4 amide bonds. The summed E-state index contributed by atoms with van der Waals surface area (Å²) >= 11 is 0. The number of nitrogens with two attached hydrogens (primary N) is 2. The minimum Gasteiger partial charge on any atom is -0.480 e. The highest BCUT2D eigenvalue weighted by molar-refractivity contribution is 5.94. The minimum atomic E-state index is -1.17. The van der Waals surface area contributed by atoms with Gasteiger partial charge in [0.05, 0.1) is 6.04 Å². The molecule has 2 aromatic carbocycles. The Morgan fingerprint density at radius 3 is 1.65 bits per heavy atom. The zero-order valence-corrected chi connectivity index (χ0v) is 22.8. The molecule has 216 valence electrons. The molecule has 0 aliphatic rings. The topological polar surface area (TPSA) is 194 Å². The number of aliphatic carboxylic acids is 1. The lowest BCUT2D eigenvalue weighted by Gasteiger charge is -2.27. The molecule has 0 heterocycles. The van der Waals surface area contributed by atoms with Gasteiger partial charge in [-0.05, 0) is 23.5 Å². The molecule has 0 radical (unpaired) electrons. The summed E-state index contributed by atoms with van der Waals surface area (Å²) in [5.41, 5.74) is 12.6. The van der Waals surface area contributed by atoms with E-state index in [1.807, 2.05) is 19.1 Å². The molecule has 40 heavy (non-hydrogen) atoms. The van der Waals surface area contributed by atoms with Crippen LogP contribution in [0.3, 0.4) is 0 Å². The van der Waals surface area contributed by atoms with Crippen LogP contribution in [-0.4, -0.2) is 58.9 Å². The van der Waals surface area contributed by atoms with E-state index >= 15 is 0 Å². The fourth-order valence-corrected chi connectivity index (χ4v) is 4.04. The summed E-state index contributed by atoms with van der Waals surface area (Å²) in [7, 11) is 0. The van der Waals surface area contributed by atoms with E-state index in [-0.39, 0.29) is 31.6 Å². The Bertz CT molecular complexity index is 1140. The van der Waals surface area contributed by atoms with Gasteiger partial charge in [0.15, 0.2) is 0 Å². The number of hydrogen-bond acceptors (Lipinski definition) is 6. The van der Waals surface area contributed by atoms with Crippen LogP contribution >= 0.6 is 0 Å². The standard InChI is InChI=1S/C29H39N5O6/c1-3-18(2)25(29(39)40)34-28(38)23(17-20-12-8-5-9-13-20)33-27(37)22(16-19-10-6-4-7-11-19)32-26(36)21(30)14-15-24(31)35/h4-13,18,21-23,25H,3,14-17,30H2,1-2H3,(H2,31,35)(H,32,36)(H,33,37)(H,34,38)(H,39,40). The molecule has 0 fully saturated rings. The number of carboxylic acid groups (broad SMARTS) is 1. The molecule has 11 nitrogen and oxygen atoms in total.